The van der Waals surface area contributed by atoms with Gasteiger partial charge in [0.25, 0.3) is 0 Å². The molecule has 2 rings (SSSR count). The van der Waals surface area contributed by atoms with Crippen molar-refractivity contribution in [3.8, 4) is 10.7 Å². The molecular formula is C10H15N5S. The van der Waals surface area contributed by atoms with Crippen LogP contribution in [-0.2, 0) is 0 Å². The Bertz CT molecular complexity index is 422. The zero-order valence-corrected chi connectivity index (χ0v) is 10.2. The molecule has 2 N–H and O–H groups in total. The molecule has 0 spiro atoms. The lowest BCUT2D eigenvalue weighted by atomic mass is 10.2. The van der Waals surface area contributed by atoms with E-state index < -0.39 is 0 Å². The lowest BCUT2D eigenvalue weighted by Gasteiger charge is -2.09. The van der Waals surface area contributed by atoms with Gasteiger partial charge in [-0.3, -0.25) is 0 Å². The molecule has 0 bridgehead atoms. The smallest absolute Gasteiger partial charge is 0.145 e. The van der Waals surface area contributed by atoms with Crippen molar-refractivity contribution in [2.24, 2.45) is 0 Å². The molecule has 0 fully saturated rings. The highest BCUT2D eigenvalue weighted by Gasteiger charge is 2.11. The van der Waals surface area contributed by atoms with E-state index in [0.717, 1.165) is 29.4 Å². The van der Waals surface area contributed by atoms with Crippen molar-refractivity contribution in [1.82, 2.24) is 25.7 Å². The lowest BCUT2D eigenvalue weighted by molar-refractivity contribution is 0.561. The summed E-state index contributed by atoms with van der Waals surface area (Å²) in [6.45, 7) is 5.29. The molecule has 0 aliphatic carbocycles. The second kappa shape index (κ2) is 5.18. The first-order chi connectivity index (χ1) is 7.81. The Morgan fingerprint density at radius 2 is 2.44 bits per heavy atom. The molecule has 0 radical (unpaired) electrons. The molecule has 6 heteroatoms. The Morgan fingerprint density at radius 1 is 1.56 bits per heavy atom. The van der Waals surface area contributed by atoms with Crippen LogP contribution in [0.2, 0.25) is 0 Å². The van der Waals surface area contributed by atoms with Crippen molar-refractivity contribution in [3.63, 3.8) is 0 Å². The third kappa shape index (κ3) is 2.45. The van der Waals surface area contributed by atoms with E-state index in [9.17, 15) is 0 Å². The Labute approximate surface area is 98.3 Å². The van der Waals surface area contributed by atoms with Gasteiger partial charge in [-0.25, -0.2) is 4.98 Å². The maximum atomic E-state index is 4.54. The number of thiazole rings is 1. The maximum Gasteiger partial charge on any atom is 0.145 e. The Morgan fingerprint density at radius 3 is 3.12 bits per heavy atom. The quantitative estimate of drug-likeness (QED) is 0.834. The number of rotatable bonds is 5. The normalized spacial score (nSPS) is 12.9. The number of hydrogen-bond acceptors (Lipinski definition) is 5. The third-order valence-corrected chi connectivity index (χ3v) is 3.18. The summed E-state index contributed by atoms with van der Waals surface area (Å²) in [5.74, 6) is 0. The van der Waals surface area contributed by atoms with Crippen molar-refractivity contribution >= 4 is 11.3 Å². The van der Waals surface area contributed by atoms with Crippen LogP contribution in [0, 0.1) is 0 Å². The summed E-state index contributed by atoms with van der Waals surface area (Å²) in [4.78, 5) is 4.54. The van der Waals surface area contributed by atoms with Crippen LogP contribution in [0.15, 0.2) is 11.6 Å². The average Bonchev–Trinajstić information content (AvgIpc) is 2.94. The van der Waals surface area contributed by atoms with Crippen LogP contribution in [0.4, 0.5) is 0 Å². The Hall–Kier alpha value is -1.27. The van der Waals surface area contributed by atoms with E-state index in [-0.39, 0.29) is 6.04 Å². The minimum absolute atomic E-state index is 0.289. The molecular weight excluding hydrogens is 222 g/mol. The first-order valence-electron chi connectivity index (χ1n) is 5.36. The molecule has 2 heterocycles. The molecule has 0 aliphatic heterocycles. The van der Waals surface area contributed by atoms with Crippen molar-refractivity contribution in [1.29, 1.82) is 0 Å². The average molecular weight is 237 g/mol. The van der Waals surface area contributed by atoms with Gasteiger partial charge in [0.15, 0.2) is 0 Å². The highest BCUT2D eigenvalue weighted by molar-refractivity contribution is 7.13. The monoisotopic (exact) mass is 237 g/mol. The second-order valence-electron chi connectivity index (χ2n) is 3.61. The largest absolute Gasteiger partial charge is 0.309 e. The highest BCUT2D eigenvalue weighted by atomic mass is 32.1. The predicted molar refractivity (Wildman–Crippen MR) is 64.2 cm³/mol. The molecule has 1 atom stereocenters. The van der Waals surface area contributed by atoms with Gasteiger partial charge in [0.1, 0.15) is 10.7 Å². The van der Waals surface area contributed by atoms with Gasteiger partial charge in [-0.1, -0.05) is 6.92 Å². The van der Waals surface area contributed by atoms with Crippen molar-refractivity contribution in [3.05, 3.63) is 17.3 Å². The third-order valence-electron chi connectivity index (χ3n) is 2.30. The molecule has 86 valence electrons. The van der Waals surface area contributed by atoms with Gasteiger partial charge in [0.05, 0.1) is 11.9 Å². The van der Waals surface area contributed by atoms with E-state index in [1.54, 1.807) is 17.5 Å². The highest BCUT2D eigenvalue weighted by Crippen LogP contribution is 2.23. The van der Waals surface area contributed by atoms with Gasteiger partial charge >= 0.3 is 0 Å². The van der Waals surface area contributed by atoms with Gasteiger partial charge in [-0.05, 0) is 19.9 Å². The molecule has 0 aromatic carbocycles. The first kappa shape index (κ1) is 11.2. The summed E-state index contributed by atoms with van der Waals surface area (Å²) in [6, 6.07) is 0.289. The molecule has 1 unspecified atom stereocenters. The van der Waals surface area contributed by atoms with Crippen molar-refractivity contribution in [2.75, 3.05) is 6.54 Å². The van der Waals surface area contributed by atoms with E-state index in [1.165, 1.54) is 0 Å². The van der Waals surface area contributed by atoms with Crippen LogP contribution in [0.1, 0.15) is 32.0 Å². The van der Waals surface area contributed by atoms with E-state index in [2.05, 4.69) is 44.9 Å². The SMILES string of the molecule is CCCNC(C)c1csc(-c2cn[nH]n2)n1. The van der Waals surface area contributed by atoms with Crippen LogP contribution >= 0.6 is 11.3 Å². The Kier molecular flexibility index (Phi) is 3.63. The summed E-state index contributed by atoms with van der Waals surface area (Å²) in [5, 5.41) is 16.8. The lowest BCUT2D eigenvalue weighted by Crippen LogP contribution is -2.19. The van der Waals surface area contributed by atoms with Crippen LogP contribution in [-0.4, -0.2) is 26.9 Å². The van der Waals surface area contributed by atoms with E-state index in [0.29, 0.717) is 0 Å². The zero-order chi connectivity index (χ0) is 11.4. The van der Waals surface area contributed by atoms with Crippen LogP contribution in [0.25, 0.3) is 10.7 Å². The standard InChI is InChI=1S/C10H15N5S/c1-3-4-11-7(2)9-6-16-10(13-9)8-5-12-15-14-8/h5-7,11H,3-4H2,1-2H3,(H,12,14,15). The van der Waals surface area contributed by atoms with Crippen LogP contribution in [0.5, 0.6) is 0 Å². The fraction of sp³-hybridized carbons (Fsp3) is 0.500. The predicted octanol–water partition coefficient (Wildman–Crippen LogP) is 1.99. The second-order valence-corrected chi connectivity index (χ2v) is 4.47. The summed E-state index contributed by atoms with van der Waals surface area (Å²) in [7, 11) is 0. The Balaban J connectivity index is 2.07. The number of aromatic nitrogens is 4. The van der Waals surface area contributed by atoms with Gasteiger partial charge in [-0.15, -0.1) is 11.3 Å². The number of nitrogens with zero attached hydrogens (tertiary/aromatic N) is 3. The van der Waals surface area contributed by atoms with Gasteiger partial charge in [0.2, 0.25) is 0 Å². The molecule has 2 aromatic rings. The molecule has 16 heavy (non-hydrogen) atoms. The molecule has 0 saturated carbocycles. The molecule has 0 aliphatic rings. The van der Waals surface area contributed by atoms with E-state index in [4.69, 9.17) is 0 Å². The minimum atomic E-state index is 0.289. The summed E-state index contributed by atoms with van der Waals surface area (Å²) in [5.41, 5.74) is 1.87. The molecule has 0 saturated heterocycles. The summed E-state index contributed by atoms with van der Waals surface area (Å²) >= 11 is 1.60. The van der Waals surface area contributed by atoms with Crippen molar-refractivity contribution < 1.29 is 0 Å². The maximum absolute atomic E-state index is 4.54. The number of hydrogen-bond donors (Lipinski definition) is 2. The zero-order valence-electron chi connectivity index (χ0n) is 9.40. The van der Waals surface area contributed by atoms with Crippen LogP contribution < -0.4 is 5.32 Å². The summed E-state index contributed by atoms with van der Waals surface area (Å²) in [6.07, 6.45) is 2.82. The van der Waals surface area contributed by atoms with Crippen LogP contribution in [0.3, 0.4) is 0 Å². The minimum Gasteiger partial charge on any atom is -0.309 e. The fourth-order valence-corrected chi connectivity index (χ4v) is 2.24. The fourth-order valence-electron chi connectivity index (χ4n) is 1.37. The number of aromatic amines is 1. The summed E-state index contributed by atoms with van der Waals surface area (Å²) < 4.78 is 0. The van der Waals surface area contributed by atoms with Crippen molar-refractivity contribution in [2.45, 2.75) is 26.3 Å². The first-order valence-corrected chi connectivity index (χ1v) is 6.24. The molecule has 5 nitrogen and oxygen atoms in total. The van der Waals surface area contributed by atoms with E-state index in [1.807, 2.05) is 0 Å². The van der Waals surface area contributed by atoms with Gasteiger partial charge < -0.3 is 5.32 Å². The number of H-pyrrole nitrogens is 1. The molecule has 2 aromatic heterocycles. The van der Waals surface area contributed by atoms with Gasteiger partial charge in [-0.2, -0.15) is 15.4 Å². The van der Waals surface area contributed by atoms with Gasteiger partial charge in [0, 0.05) is 11.4 Å². The number of nitrogens with one attached hydrogen (secondary N) is 2. The topological polar surface area (TPSA) is 66.5 Å². The van der Waals surface area contributed by atoms with E-state index >= 15 is 0 Å². The molecule has 0 amide bonds.